The van der Waals surface area contributed by atoms with Crippen molar-refractivity contribution in [3.05, 3.63) is 29.3 Å². The van der Waals surface area contributed by atoms with Crippen LogP contribution in [0.25, 0.3) is 0 Å². The highest BCUT2D eigenvalue weighted by Gasteiger charge is 2.19. The van der Waals surface area contributed by atoms with Gasteiger partial charge in [0.1, 0.15) is 0 Å². The number of hydrogen-bond acceptors (Lipinski definition) is 4. The number of sulfonamides is 1. The molecular weight excluding hydrogens is 294 g/mol. The quantitative estimate of drug-likeness (QED) is 0.787. The smallest absolute Gasteiger partial charge is 0.251 e. The van der Waals surface area contributed by atoms with E-state index in [4.69, 9.17) is 0 Å². The Balaban J connectivity index is 1.96. The average molecular weight is 311 g/mol. The number of benzene rings is 1. The van der Waals surface area contributed by atoms with Crippen molar-refractivity contribution in [1.82, 2.24) is 9.62 Å². The Bertz CT molecular complexity index is 683. The zero-order chi connectivity index (χ0) is 15.6. The highest BCUT2D eigenvalue weighted by molar-refractivity contribution is 7.89. The van der Waals surface area contributed by atoms with Crippen LogP contribution < -0.4 is 10.6 Å². The highest BCUT2D eigenvalue weighted by Crippen LogP contribution is 2.23. The number of nitrogens with one attached hydrogen (secondary N) is 2. The van der Waals surface area contributed by atoms with E-state index >= 15 is 0 Å². The molecule has 0 spiro atoms. The van der Waals surface area contributed by atoms with Gasteiger partial charge in [0.05, 0.1) is 12.2 Å². The van der Waals surface area contributed by atoms with E-state index in [1.54, 1.807) is 18.2 Å². The number of nitrogens with zero attached hydrogens (tertiary/aromatic N) is 1. The first-order chi connectivity index (χ1) is 9.79. The van der Waals surface area contributed by atoms with E-state index < -0.39 is 10.0 Å². The number of carbonyl (C=O) groups is 2. The van der Waals surface area contributed by atoms with Crippen LogP contribution in [0.3, 0.4) is 0 Å². The fourth-order valence-electron chi connectivity index (χ4n) is 1.95. The van der Waals surface area contributed by atoms with Crippen LogP contribution in [-0.4, -0.2) is 50.9 Å². The van der Waals surface area contributed by atoms with Crippen LogP contribution in [0.4, 0.5) is 5.69 Å². The summed E-state index contributed by atoms with van der Waals surface area (Å²) >= 11 is 0. The van der Waals surface area contributed by atoms with E-state index in [2.05, 4.69) is 10.6 Å². The van der Waals surface area contributed by atoms with Crippen molar-refractivity contribution in [3.8, 4) is 0 Å². The first-order valence-corrected chi connectivity index (χ1v) is 8.02. The fraction of sp³-hybridized carbons (Fsp3) is 0.385. The Labute approximate surface area is 123 Å². The van der Waals surface area contributed by atoms with Gasteiger partial charge in [-0.25, -0.2) is 12.7 Å². The molecule has 0 atom stereocenters. The van der Waals surface area contributed by atoms with Gasteiger partial charge in [0, 0.05) is 31.9 Å². The molecule has 2 amide bonds. The lowest BCUT2D eigenvalue weighted by molar-refractivity contribution is -0.115. The Morgan fingerprint density at radius 1 is 1.38 bits per heavy atom. The zero-order valence-corrected chi connectivity index (χ0v) is 12.7. The Kier molecular flexibility index (Phi) is 4.29. The molecule has 1 aromatic rings. The zero-order valence-electron chi connectivity index (χ0n) is 11.8. The van der Waals surface area contributed by atoms with E-state index in [1.807, 2.05) is 0 Å². The molecule has 1 aliphatic heterocycles. The molecule has 1 aromatic carbocycles. The number of anilines is 1. The van der Waals surface area contributed by atoms with Crippen molar-refractivity contribution in [2.24, 2.45) is 0 Å². The molecule has 2 rings (SSSR count). The molecule has 21 heavy (non-hydrogen) atoms. The Morgan fingerprint density at radius 3 is 2.76 bits per heavy atom. The SMILES string of the molecule is CN(C)S(=O)(=O)CCNC(=O)c1ccc2c(c1)CC(=O)N2. The second kappa shape index (κ2) is 5.82. The minimum atomic E-state index is -3.33. The molecule has 0 saturated heterocycles. The van der Waals surface area contributed by atoms with E-state index in [0.29, 0.717) is 11.3 Å². The fourth-order valence-corrected chi connectivity index (χ4v) is 2.67. The molecule has 1 heterocycles. The molecule has 0 radical (unpaired) electrons. The topological polar surface area (TPSA) is 95.6 Å². The molecule has 0 bridgehead atoms. The van der Waals surface area contributed by atoms with Crippen LogP contribution in [0.5, 0.6) is 0 Å². The molecule has 114 valence electrons. The maximum absolute atomic E-state index is 12.0. The summed E-state index contributed by atoms with van der Waals surface area (Å²) in [6.45, 7) is 0.0353. The third-order valence-electron chi connectivity index (χ3n) is 3.19. The van der Waals surface area contributed by atoms with Crippen LogP contribution >= 0.6 is 0 Å². The summed E-state index contributed by atoms with van der Waals surface area (Å²) in [6, 6.07) is 4.91. The lowest BCUT2D eigenvalue weighted by Gasteiger charge is -2.11. The second-order valence-electron chi connectivity index (χ2n) is 4.95. The highest BCUT2D eigenvalue weighted by atomic mass is 32.2. The van der Waals surface area contributed by atoms with Gasteiger partial charge in [0.15, 0.2) is 0 Å². The summed E-state index contributed by atoms with van der Waals surface area (Å²) in [6.07, 6.45) is 0.255. The van der Waals surface area contributed by atoms with Gasteiger partial charge in [0.25, 0.3) is 5.91 Å². The van der Waals surface area contributed by atoms with Gasteiger partial charge in [-0.05, 0) is 23.8 Å². The third-order valence-corrected chi connectivity index (χ3v) is 5.03. The summed E-state index contributed by atoms with van der Waals surface area (Å²) < 4.78 is 24.3. The van der Waals surface area contributed by atoms with E-state index in [0.717, 1.165) is 9.87 Å². The molecule has 7 nitrogen and oxygen atoms in total. The lowest BCUT2D eigenvalue weighted by Crippen LogP contribution is -2.33. The van der Waals surface area contributed by atoms with E-state index in [9.17, 15) is 18.0 Å². The normalized spacial score (nSPS) is 14.0. The number of hydrogen-bond donors (Lipinski definition) is 2. The Morgan fingerprint density at radius 2 is 2.10 bits per heavy atom. The van der Waals surface area contributed by atoms with Gasteiger partial charge in [0.2, 0.25) is 15.9 Å². The maximum Gasteiger partial charge on any atom is 0.251 e. The first kappa shape index (κ1) is 15.5. The van der Waals surface area contributed by atoms with Crippen molar-refractivity contribution < 1.29 is 18.0 Å². The minimum Gasteiger partial charge on any atom is -0.351 e. The average Bonchev–Trinajstić information content (AvgIpc) is 2.77. The molecule has 0 unspecified atom stereocenters. The van der Waals surface area contributed by atoms with Gasteiger partial charge in [-0.3, -0.25) is 9.59 Å². The van der Waals surface area contributed by atoms with Crippen LogP contribution in [0, 0.1) is 0 Å². The van der Waals surface area contributed by atoms with Gasteiger partial charge in [-0.1, -0.05) is 0 Å². The van der Waals surface area contributed by atoms with Gasteiger partial charge in [-0.15, -0.1) is 0 Å². The van der Waals surface area contributed by atoms with Crippen molar-refractivity contribution in [1.29, 1.82) is 0 Å². The lowest BCUT2D eigenvalue weighted by atomic mass is 10.1. The summed E-state index contributed by atoms with van der Waals surface area (Å²) in [5.74, 6) is -0.609. The molecular formula is C13H17N3O4S. The van der Waals surface area contributed by atoms with Crippen molar-refractivity contribution in [3.63, 3.8) is 0 Å². The van der Waals surface area contributed by atoms with Crippen LogP contribution in [0.15, 0.2) is 18.2 Å². The third kappa shape index (κ3) is 3.59. The van der Waals surface area contributed by atoms with Gasteiger partial charge < -0.3 is 10.6 Å². The second-order valence-corrected chi connectivity index (χ2v) is 7.25. The summed E-state index contributed by atoms with van der Waals surface area (Å²) in [4.78, 5) is 23.2. The molecule has 1 aliphatic rings. The van der Waals surface area contributed by atoms with Crippen LogP contribution in [0.2, 0.25) is 0 Å². The number of carbonyl (C=O) groups excluding carboxylic acids is 2. The number of fused-ring (bicyclic) bond motifs is 1. The summed E-state index contributed by atoms with van der Waals surface area (Å²) in [5.41, 5.74) is 1.90. The Hall–Kier alpha value is -1.93. The predicted molar refractivity (Wildman–Crippen MR) is 78.6 cm³/mol. The first-order valence-electron chi connectivity index (χ1n) is 6.41. The molecule has 2 N–H and O–H groups in total. The molecule has 0 saturated carbocycles. The molecule has 0 fully saturated rings. The summed E-state index contributed by atoms with van der Waals surface area (Å²) in [5, 5.41) is 5.25. The number of amides is 2. The molecule has 0 aliphatic carbocycles. The monoisotopic (exact) mass is 311 g/mol. The van der Waals surface area contributed by atoms with Crippen LogP contribution in [-0.2, 0) is 21.2 Å². The van der Waals surface area contributed by atoms with Gasteiger partial charge in [-0.2, -0.15) is 0 Å². The summed E-state index contributed by atoms with van der Waals surface area (Å²) in [7, 11) is -0.437. The molecule has 8 heteroatoms. The van der Waals surface area contributed by atoms with Gasteiger partial charge >= 0.3 is 0 Å². The minimum absolute atomic E-state index is 0.0353. The molecule has 0 aromatic heterocycles. The van der Waals surface area contributed by atoms with E-state index in [-0.39, 0.29) is 30.5 Å². The van der Waals surface area contributed by atoms with Crippen molar-refractivity contribution in [2.45, 2.75) is 6.42 Å². The maximum atomic E-state index is 12.0. The standard InChI is InChI=1S/C13H17N3O4S/c1-16(2)21(19,20)6-5-14-13(18)9-3-4-11-10(7-9)8-12(17)15-11/h3-4,7H,5-6,8H2,1-2H3,(H,14,18)(H,15,17). The predicted octanol–water partition coefficient (Wildman–Crippen LogP) is -0.198. The number of rotatable bonds is 5. The van der Waals surface area contributed by atoms with E-state index in [1.165, 1.54) is 14.1 Å². The van der Waals surface area contributed by atoms with Crippen molar-refractivity contribution >= 4 is 27.5 Å². The van der Waals surface area contributed by atoms with Crippen LogP contribution in [0.1, 0.15) is 15.9 Å². The van der Waals surface area contributed by atoms with Crippen molar-refractivity contribution in [2.75, 3.05) is 31.7 Å². The largest absolute Gasteiger partial charge is 0.351 e.